The second-order valence-electron chi connectivity index (χ2n) is 5.65. The van der Waals surface area contributed by atoms with E-state index < -0.39 is 4.92 Å². The van der Waals surface area contributed by atoms with Crippen molar-refractivity contribution in [2.24, 2.45) is 0 Å². The molecule has 136 valence electrons. The molecule has 5 N–H and O–H groups in total. The lowest BCUT2D eigenvalue weighted by Gasteiger charge is -2.12. The number of non-ortho nitro benzene ring substituents is 1. The van der Waals surface area contributed by atoms with Gasteiger partial charge in [0.1, 0.15) is 0 Å². The number of nitrogens with zero attached hydrogens (tertiary/aromatic N) is 1. The highest BCUT2D eigenvalue weighted by molar-refractivity contribution is 7.99. The molecule has 0 aliphatic rings. The third-order valence-corrected chi connectivity index (χ3v) is 4.80. The van der Waals surface area contributed by atoms with Crippen molar-refractivity contribution in [1.82, 2.24) is 0 Å². The van der Waals surface area contributed by atoms with Crippen LogP contribution in [0.3, 0.4) is 0 Å². The molecule has 8 heteroatoms. The maximum Gasteiger partial charge on any atom is 0.269 e. The van der Waals surface area contributed by atoms with Gasteiger partial charge in [0.25, 0.3) is 11.6 Å². The summed E-state index contributed by atoms with van der Waals surface area (Å²) in [5, 5.41) is 13.6. The second kappa shape index (κ2) is 7.79. The number of nitrogens with two attached hydrogens (primary N) is 2. The van der Waals surface area contributed by atoms with Gasteiger partial charge in [0.15, 0.2) is 0 Å². The lowest BCUT2D eigenvalue weighted by Crippen LogP contribution is -2.15. The summed E-state index contributed by atoms with van der Waals surface area (Å²) in [4.78, 5) is 24.5. The Balaban J connectivity index is 1.86. The van der Waals surface area contributed by atoms with E-state index in [1.807, 2.05) is 0 Å². The predicted octanol–water partition coefficient (Wildman–Crippen LogP) is 4.16. The van der Waals surface area contributed by atoms with Gasteiger partial charge in [-0.25, -0.2) is 0 Å². The van der Waals surface area contributed by atoms with Crippen molar-refractivity contribution in [1.29, 1.82) is 0 Å². The van der Waals surface area contributed by atoms with E-state index in [0.717, 1.165) is 4.90 Å². The van der Waals surface area contributed by atoms with Crippen LogP contribution in [0.4, 0.5) is 22.7 Å². The number of hydrogen-bond acceptors (Lipinski definition) is 6. The van der Waals surface area contributed by atoms with Crippen molar-refractivity contribution >= 4 is 40.4 Å². The summed E-state index contributed by atoms with van der Waals surface area (Å²) in [7, 11) is 0. The molecule has 1 amide bonds. The van der Waals surface area contributed by atoms with Crippen LogP contribution in [-0.2, 0) is 0 Å². The van der Waals surface area contributed by atoms with Gasteiger partial charge in [-0.1, -0.05) is 17.8 Å². The van der Waals surface area contributed by atoms with Crippen LogP contribution >= 0.6 is 11.8 Å². The minimum Gasteiger partial charge on any atom is -0.399 e. The van der Waals surface area contributed by atoms with Crippen molar-refractivity contribution in [3.8, 4) is 0 Å². The van der Waals surface area contributed by atoms with Crippen LogP contribution in [0, 0.1) is 10.1 Å². The first-order chi connectivity index (χ1) is 12.9. The molecule has 7 nitrogen and oxygen atoms in total. The minimum absolute atomic E-state index is 0.00763. The molecule has 3 aromatic carbocycles. The molecule has 0 saturated carbocycles. The van der Waals surface area contributed by atoms with Crippen molar-refractivity contribution in [3.63, 3.8) is 0 Å². The third-order valence-electron chi connectivity index (χ3n) is 3.73. The Labute approximate surface area is 159 Å². The standard InChI is InChI=1S/C19H16N4O3S/c20-12-4-6-13(7-5-12)22-19(24)18-16(21)2-1-3-17(18)27-15-10-8-14(9-11-15)23(25)26/h1-11H,20-21H2,(H,22,24). The fourth-order valence-electron chi connectivity index (χ4n) is 2.40. The highest BCUT2D eigenvalue weighted by Gasteiger charge is 2.16. The molecule has 0 saturated heterocycles. The van der Waals surface area contributed by atoms with Gasteiger partial charge >= 0.3 is 0 Å². The highest BCUT2D eigenvalue weighted by Crippen LogP contribution is 2.34. The maximum absolute atomic E-state index is 12.7. The summed E-state index contributed by atoms with van der Waals surface area (Å²) in [6.07, 6.45) is 0. The molecular weight excluding hydrogens is 364 g/mol. The first kappa shape index (κ1) is 18.3. The third kappa shape index (κ3) is 4.36. The number of carbonyl (C=O) groups is 1. The Morgan fingerprint density at radius 2 is 1.63 bits per heavy atom. The molecular formula is C19H16N4O3S. The monoisotopic (exact) mass is 380 g/mol. The van der Waals surface area contributed by atoms with Gasteiger partial charge in [-0.05, 0) is 48.5 Å². The number of nitro benzene ring substituents is 1. The first-order valence-corrected chi connectivity index (χ1v) is 8.73. The average Bonchev–Trinajstić information content (AvgIpc) is 2.64. The van der Waals surface area contributed by atoms with Crippen molar-refractivity contribution < 1.29 is 9.72 Å². The Morgan fingerprint density at radius 3 is 2.26 bits per heavy atom. The molecule has 0 aromatic heterocycles. The summed E-state index contributed by atoms with van der Waals surface area (Å²) < 4.78 is 0. The lowest BCUT2D eigenvalue weighted by molar-refractivity contribution is -0.384. The molecule has 27 heavy (non-hydrogen) atoms. The van der Waals surface area contributed by atoms with Crippen LogP contribution in [-0.4, -0.2) is 10.8 Å². The molecule has 0 unspecified atom stereocenters. The smallest absolute Gasteiger partial charge is 0.269 e. The first-order valence-electron chi connectivity index (χ1n) is 7.92. The van der Waals surface area contributed by atoms with Crippen LogP contribution < -0.4 is 16.8 Å². The molecule has 0 radical (unpaired) electrons. The summed E-state index contributed by atoms with van der Waals surface area (Å²) in [5.74, 6) is -0.345. The number of carbonyl (C=O) groups excluding carboxylic acids is 1. The molecule has 0 bridgehead atoms. The number of hydrogen-bond donors (Lipinski definition) is 3. The molecule has 3 rings (SSSR count). The number of benzene rings is 3. The number of rotatable bonds is 5. The Bertz CT molecular complexity index is 989. The van der Waals surface area contributed by atoms with Crippen molar-refractivity contribution in [2.45, 2.75) is 9.79 Å². The zero-order valence-electron chi connectivity index (χ0n) is 14.1. The Hall–Kier alpha value is -3.52. The van der Waals surface area contributed by atoms with Crippen LogP contribution in [0.2, 0.25) is 0 Å². The maximum atomic E-state index is 12.7. The normalized spacial score (nSPS) is 10.4. The van der Waals surface area contributed by atoms with Gasteiger partial charge in [0.05, 0.1) is 10.5 Å². The molecule has 0 heterocycles. The number of anilines is 3. The van der Waals surface area contributed by atoms with E-state index in [1.54, 1.807) is 54.6 Å². The van der Waals surface area contributed by atoms with Gasteiger partial charge in [0.2, 0.25) is 0 Å². The minimum atomic E-state index is -0.458. The van der Waals surface area contributed by atoms with Gasteiger partial charge in [-0.3, -0.25) is 14.9 Å². The van der Waals surface area contributed by atoms with Crippen LogP contribution in [0.15, 0.2) is 76.5 Å². The molecule has 0 atom stereocenters. The molecule has 0 aliphatic carbocycles. The number of nitrogen functional groups attached to an aromatic ring is 2. The molecule has 3 aromatic rings. The second-order valence-corrected chi connectivity index (χ2v) is 6.76. The van der Waals surface area contributed by atoms with E-state index in [2.05, 4.69) is 5.32 Å². The largest absolute Gasteiger partial charge is 0.399 e. The molecule has 0 aliphatic heterocycles. The SMILES string of the molecule is Nc1ccc(NC(=O)c2c(N)cccc2Sc2ccc([N+](=O)[O-])cc2)cc1. The van der Waals surface area contributed by atoms with Crippen molar-refractivity contribution in [3.05, 3.63) is 82.4 Å². The van der Waals surface area contributed by atoms with Gasteiger partial charge in [0, 0.05) is 39.0 Å². The number of nitro groups is 1. The fourth-order valence-corrected chi connectivity index (χ4v) is 3.38. The van der Waals surface area contributed by atoms with E-state index in [1.165, 1.54) is 23.9 Å². The van der Waals surface area contributed by atoms with E-state index in [9.17, 15) is 14.9 Å². The number of amides is 1. The fraction of sp³-hybridized carbons (Fsp3) is 0. The molecule has 0 fully saturated rings. The summed E-state index contributed by atoms with van der Waals surface area (Å²) >= 11 is 1.31. The number of nitrogens with one attached hydrogen (secondary N) is 1. The van der Waals surface area contributed by atoms with E-state index in [-0.39, 0.29) is 11.6 Å². The van der Waals surface area contributed by atoms with E-state index in [0.29, 0.717) is 27.5 Å². The topological polar surface area (TPSA) is 124 Å². The summed E-state index contributed by atoms with van der Waals surface area (Å²) in [6, 6.07) is 18.1. The van der Waals surface area contributed by atoms with Gasteiger partial charge < -0.3 is 16.8 Å². The zero-order chi connectivity index (χ0) is 19.4. The van der Waals surface area contributed by atoms with Crippen LogP contribution in [0.25, 0.3) is 0 Å². The molecule has 0 spiro atoms. The zero-order valence-corrected chi connectivity index (χ0v) is 14.9. The quantitative estimate of drug-likeness (QED) is 0.347. The van der Waals surface area contributed by atoms with Crippen LogP contribution in [0.1, 0.15) is 10.4 Å². The Morgan fingerprint density at radius 1 is 0.963 bits per heavy atom. The van der Waals surface area contributed by atoms with Crippen molar-refractivity contribution in [2.75, 3.05) is 16.8 Å². The Kier molecular flexibility index (Phi) is 5.28. The highest BCUT2D eigenvalue weighted by atomic mass is 32.2. The van der Waals surface area contributed by atoms with Crippen LogP contribution in [0.5, 0.6) is 0 Å². The van der Waals surface area contributed by atoms with Gasteiger partial charge in [-0.15, -0.1) is 0 Å². The lowest BCUT2D eigenvalue weighted by atomic mass is 10.1. The van der Waals surface area contributed by atoms with E-state index in [4.69, 9.17) is 11.5 Å². The summed E-state index contributed by atoms with van der Waals surface area (Å²) in [5.41, 5.74) is 13.6. The summed E-state index contributed by atoms with van der Waals surface area (Å²) in [6.45, 7) is 0. The average molecular weight is 380 g/mol. The van der Waals surface area contributed by atoms with Gasteiger partial charge in [-0.2, -0.15) is 0 Å². The predicted molar refractivity (Wildman–Crippen MR) is 107 cm³/mol. The van der Waals surface area contributed by atoms with E-state index >= 15 is 0 Å².